The Hall–Kier alpha value is -3.73. The summed E-state index contributed by atoms with van der Waals surface area (Å²) >= 11 is 11.8. The lowest BCUT2D eigenvalue weighted by atomic mass is 9.99. The molecule has 3 N–H and O–H groups in total. The molecule has 0 bridgehead atoms. The predicted octanol–water partition coefficient (Wildman–Crippen LogP) is 2.09. The van der Waals surface area contributed by atoms with E-state index in [-0.39, 0.29) is 65.5 Å². The number of carbonyl (C=O) groups excluding carboxylic acids is 3. The molecule has 17 heteroatoms. The Labute approximate surface area is 288 Å². The topological polar surface area (TPSA) is 177 Å². The normalized spacial score (nSPS) is 17.5. The molecule has 48 heavy (non-hydrogen) atoms. The zero-order valence-electron chi connectivity index (χ0n) is 25.6. The SMILES string of the molecule is CCN1C(C(=O)N[C@@H](Cc2ccccc2)C(=O)C(=O)NCCNS(=O)(=O)c2ccc(Cl)c(Cl)c2)Cc2cc3c(cc2S1(=O)=O)OCCO3. The van der Waals surface area contributed by atoms with Crippen LogP contribution in [0.1, 0.15) is 18.1 Å². The van der Waals surface area contributed by atoms with Crippen molar-refractivity contribution < 1.29 is 40.7 Å². The summed E-state index contributed by atoms with van der Waals surface area (Å²) in [7, 11) is -8.14. The van der Waals surface area contributed by atoms with E-state index >= 15 is 0 Å². The minimum atomic E-state index is -4.14. The van der Waals surface area contributed by atoms with E-state index in [2.05, 4.69) is 15.4 Å². The zero-order valence-corrected chi connectivity index (χ0v) is 28.7. The number of ketones is 1. The quantitative estimate of drug-likeness (QED) is 0.186. The largest absolute Gasteiger partial charge is 0.486 e. The Balaban J connectivity index is 1.29. The van der Waals surface area contributed by atoms with Gasteiger partial charge in [-0.15, -0.1) is 0 Å². The van der Waals surface area contributed by atoms with Gasteiger partial charge in [0.1, 0.15) is 25.3 Å². The van der Waals surface area contributed by atoms with Gasteiger partial charge in [-0.1, -0.05) is 60.5 Å². The molecule has 0 saturated heterocycles. The van der Waals surface area contributed by atoms with Crippen molar-refractivity contribution in [2.24, 2.45) is 0 Å². The van der Waals surface area contributed by atoms with Crippen molar-refractivity contribution in [1.29, 1.82) is 0 Å². The fraction of sp³-hybridized carbons (Fsp3) is 0.323. The average molecular weight is 740 g/mol. The van der Waals surface area contributed by atoms with E-state index in [1.807, 2.05) is 0 Å². The van der Waals surface area contributed by atoms with Gasteiger partial charge in [-0.2, -0.15) is 4.31 Å². The Morgan fingerprint density at radius 2 is 1.65 bits per heavy atom. The number of fused-ring (bicyclic) bond motifs is 2. The number of amides is 2. The van der Waals surface area contributed by atoms with Crippen molar-refractivity contribution >= 4 is 60.8 Å². The highest BCUT2D eigenvalue weighted by Crippen LogP contribution is 2.39. The minimum Gasteiger partial charge on any atom is -0.486 e. The molecule has 2 aliphatic heterocycles. The lowest BCUT2D eigenvalue weighted by Gasteiger charge is -2.35. The number of hydrogen-bond acceptors (Lipinski definition) is 9. The van der Waals surface area contributed by atoms with Gasteiger partial charge in [-0.3, -0.25) is 14.4 Å². The number of hydrogen-bond donors (Lipinski definition) is 3. The van der Waals surface area contributed by atoms with Crippen molar-refractivity contribution in [2.45, 2.75) is 41.6 Å². The van der Waals surface area contributed by atoms with Gasteiger partial charge in [0.2, 0.25) is 31.7 Å². The maximum absolute atomic E-state index is 13.8. The first-order valence-electron chi connectivity index (χ1n) is 14.9. The fourth-order valence-electron chi connectivity index (χ4n) is 5.39. The van der Waals surface area contributed by atoms with E-state index in [0.717, 1.165) is 4.31 Å². The maximum atomic E-state index is 13.8. The highest BCUT2D eigenvalue weighted by molar-refractivity contribution is 7.89. The van der Waals surface area contributed by atoms with Crippen LogP contribution < -0.4 is 24.8 Å². The molecule has 0 aliphatic carbocycles. The molecule has 5 rings (SSSR count). The summed E-state index contributed by atoms with van der Waals surface area (Å²) in [5.74, 6) is -2.17. The third-order valence-corrected chi connectivity index (χ3v) is 12.0. The molecule has 3 aromatic carbocycles. The molecule has 0 aromatic heterocycles. The molecule has 256 valence electrons. The second-order valence-electron chi connectivity index (χ2n) is 10.9. The smallest absolute Gasteiger partial charge is 0.289 e. The number of halogens is 2. The third-order valence-electron chi connectivity index (χ3n) is 7.73. The molecular formula is C31H32Cl2N4O9S2. The van der Waals surface area contributed by atoms with Crippen molar-refractivity contribution in [2.75, 3.05) is 32.8 Å². The van der Waals surface area contributed by atoms with E-state index < -0.39 is 49.7 Å². The van der Waals surface area contributed by atoms with E-state index in [4.69, 9.17) is 32.7 Å². The summed E-state index contributed by atoms with van der Waals surface area (Å²) in [5.41, 5.74) is 0.993. The molecule has 0 fully saturated rings. The summed E-state index contributed by atoms with van der Waals surface area (Å²) in [6.07, 6.45) is -0.0774. The van der Waals surface area contributed by atoms with Crippen LogP contribution in [0.3, 0.4) is 0 Å². The molecule has 3 aromatic rings. The summed E-state index contributed by atoms with van der Waals surface area (Å²) in [5, 5.41) is 5.21. The van der Waals surface area contributed by atoms with E-state index in [0.29, 0.717) is 22.6 Å². The van der Waals surface area contributed by atoms with E-state index in [9.17, 15) is 31.2 Å². The number of Topliss-reactive ketones (excluding diaryl/α,β-unsaturated/α-hetero) is 1. The van der Waals surface area contributed by atoms with Crippen LogP contribution in [-0.4, -0.2) is 83.7 Å². The van der Waals surface area contributed by atoms with Crippen LogP contribution in [0, 0.1) is 0 Å². The van der Waals surface area contributed by atoms with Gasteiger partial charge < -0.3 is 20.1 Å². The van der Waals surface area contributed by atoms with Crippen LogP contribution in [-0.2, 0) is 47.3 Å². The molecule has 1 unspecified atom stereocenters. The van der Waals surface area contributed by atoms with Gasteiger partial charge in [-0.25, -0.2) is 21.6 Å². The number of nitrogens with one attached hydrogen (secondary N) is 3. The number of likely N-dealkylation sites (N-methyl/N-ethyl adjacent to an activating group) is 1. The van der Waals surface area contributed by atoms with Gasteiger partial charge in [0, 0.05) is 32.1 Å². The Morgan fingerprint density at radius 1 is 0.958 bits per heavy atom. The number of rotatable bonds is 12. The summed E-state index contributed by atoms with van der Waals surface area (Å²) < 4.78 is 67.0. The number of ether oxygens (including phenoxy) is 2. The molecule has 0 saturated carbocycles. The Morgan fingerprint density at radius 3 is 2.31 bits per heavy atom. The first-order chi connectivity index (χ1) is 22.8. The Bertz CT molecular complexity index is 1940. The van der Waals surface area contributed by atoms with Crippen molar-refractivity contribution in [3.05, 3.63) is 81.8 Å². The molecule has 0 spiro atoms. The second-order valence-corrected chi connectivity index (χ2v) is 15.3. The first kappa shape index (κ1) is 35.6. The minimum absolute atomic E-state index is 0.00345. The van der Waals surface area contributed by atoms with Gasteiger partial charge in [-0.05, 0) is 41.8 Å². The van der Waals surface area contributed by atoms with Crippen molar-refractivity contribution in [3.8, 4) is 11.5 Å². The molecule has 2 aliphatic rings. The van der Waals surface area contributed by atoms with Gasteiger partial charge in [0.05, 0.1) is 19.8 Å². The third kappa shape index (κ3) is 7.77. The van der Waals surface area contributed by atoms with Crippen LogP contribution in [0.25, 0.3) is 0 Å². The number of carbonyl (C=O) groups is 3. The highest BCUT2D eigenvalue weighted by Gasteiger charge is 2.43. The monoisotopic (exact) mass is 738 g/mol. The van der Waals surface area contributed by atoms with Crippen LogP contribution in [0.2, 0.25) is 10.0 Å². The molecule has 2 heterocycles. The maximum Gasteiger partial charge on any atom is 0.289 e. The Kier molecular flexibility index (Phi) is 11.0. The predicted molar refractivity (Wildman–Crippen MR) is 176 cm³/mol. The number of nitrogens with zero attached hydrogens (tertiary/aromatic N) is 1. The summed E-state index contributed by atoms with van der Waals surface area (Å²) in [6, 6.07) is 12.8. The summed E-state index contributed by atoms with van der Waals surface area (Å²) in [6.45, 7) is 1.60. The van der Waals surface area contributed by atoms with E-state index in [1.165, 1.54) is 24.3 Å². The van der Waals surface area contributed by atoms with Crippen LogP contribution in [0.5, 0.6) is 11.5 Å². The molecule has 2 amide bonds. The molecular weight excluding hydrogens is 707 g/mol. The zero-order chi connectivity index (χ0) is 34.6. The fourth-order valence-corrected chi connectivity index (χ4v) is 8.64. The van der Waals surface area contributed by atoms with Crippen LogP contribution in [0.4, 0.5) is 0 Å². The average Bonchev–Trinajstić information content (AvgIpc) is 3.06. The van der Waals surface area contributed by atoms with E-state index in [1.54, 1.807) is 43.3 Å². The van der Waals surface area contributed by atoms with Gasteiger partial charge in [0.15, 0.2) is 11.5 Å². The lowest BCUT2D eigenvalue weighted by Crippen LogP contribution is -2.57. The van der Waals surface area contributed by atoms with Crippen LogP contribution in [0.15, 0.2) is 70.5 Å². The standard InChI is InChI=1S/C31H32Cl2N4O9S2/c1-2-37-25(15-20-16-26-27(46-13-12-45-26)18-28(20)48(37,43)44)30(39)36-24(14-19-6-4-3-5-7-19)29(38)31(40)34-10-11-35-47(41,42)21-8-9-22(32)23(33)17-21/h3-9,16-18,24-25,35H,2,10-15H2,1H3,(H,34,40)(H,36,39)/t24-,25?/m0/s1. The number of sulfonamides is 2. The van der Waals surface area contributed by atoms with Crippen molar-refractivity contribution in [1.82, 2.24) is 19.7 Å². The molecule has 2 atom stereocenters. The first-order valence-corrected chi connectivity index (χ1v) is 18.5. The van der Waals surface area contributed by atoms with Crippen molar-refractivity contribution in [3.63, 3.8) is 0 Å². The second kappa shape index (κ2) is 14.8. The highest BCUT2D eigenvalue weighted by atomic mass is 35.5. The van der Waals surface area contributed by atoms with Gasteiger partial charge >= 0.3 is 0 Å². The van der Waals surface area contributed by atoms with Crippen LogP contribution >= 0.6 is 23.2 Å². The molecule has 0 radical (unpaired) electrons. The van der Waals surface area contributed by atoms with Gasteiger partial charge in [0.25, 0.3) is 5.91 Å². The summed E-state index contributed by atoms with van der Waals surface area (Å²) in [4.78, 5) is 40.1. The number of benzene rings is 3. The lowest BCUT2D eigenvalue weighted by molar-refractivity contribution is -0.140. The molecule has 13 nitrogen and oxygen atoms in total.